The Bertz CT molecular complexity index is 448. The molecule has 1 unspecified atom stereocenters. The van der Waals surface area contributed by atoms with Gasteiger partial charge in [0.15, 0.2) is 0 Å². The first-order chi connectivity index (χ1) is 7.93. The summed E-state index contributed by atoms with van der Waals surface area (Å²) < 4.78 is 5.30. The van der Waals surface area contributed by atoms with E-state index in [9.17, 15) is 0 Å². The van der Waals surface area contributed by atoms with Crippen LogP contribution in [0.2, 0.25) is 0 Å². The van der Waals surface area contributed by atoms with Gasteiger partial charge in [0.05, 0.1) is 10.9 Å². The fourth-order valence-corrected chi connectivity index (χ4v) is 3.18. The molecule has 0 saturated carbocycles. The predicted octanol–water partition coefficient (Wildman–Crippen LogP) is 2.18. The van der Waals surface area contributed by atoms with Crippen molar-refractivity contribution < 1.29 is 4.52 Å². The number of nitrogens with one attached hydrogen (secondary N) is 1. The molecular weight excluding hydrogens is 242 g/mol. The van der Waals surface area contributed by atoms with E-state index in [1.807, 2.05) is 29.3 Å². The Morgan fingerprint density at radius 3 is 3.25 bits per heavy atom. The van der Waals surface area contributed by atoms with Crippen LogP contribution in [-0.4, -0.2) is 28.2 Å². The zero-order valence-electron chi connectivity index (χ0n) is 8.55. The van der Waals surface area contributed by atoms with Gasteiger partial charge in [-0.2, -0.15) is 16.7 Å². The van der Waals surface area contributed by atoms with Gasteiger partial charge in [0.1, 0.15) is 0 Å². The van der Waals surface area contributed by atoms with Gasteiger partial charge in [-0.1, -0.05) is 11.2 Å². The van der Waals surface area contributed by atoms with E-state index in [1.165, 1.54) is 0 Å². The van der Waals surface area contributed by atoms with Crippen LogP contribution in [0.25, 0.3) is 10.7 Å². The van der Waals surface area contributed by atoms with Gasteiger partial charge in [0, 0.05) is 18.1 Å². The lowest BCUT2D eigenvalue weighted by Gasteiger charge is -2.19. The SMILES string of the molecule is c1csc(-c2noc(C3CSCCN3)n2)c1. The second-order valence-corrected chi connectivity index (χ2v) is 5.61. The lowest BCUT2D eigenvalue weighted by atomic mass is 10.3. The van der Waals surface area contributed by atoms with Gasteiger partial charge in [0.2, 0.25) is 11.7 Å². The first-order valence-corrected chi connectivity index (χ1v) is 7.15. The van der Waals surface area contributed by atoms with E-state index >= 15 is 0 Å². The Balaban J connectivity index is 1.82. The minimum absolute atomic E-state index is 0.208. The second-order valence-electron chi connectivity index (χ2n) is 3.52. The lowest BCUT2D eigenvalue weighted by Crippen LogP contribution is -2.30. The normalized spacial score (nSPS) is 21.1. The van der Waals surface area contributed by atoms with Gasteiger partial charge < -0.3 is 9.84 Å². The molecule has 84 valence electrons. The van der Waals surface area contributed by atoms with Crippen molar-refractivity contribution in [2.45, 2.75) is 6.04 Å². The molecule has 0 aromatic carbocycles. The van der Waals surface area contributed by atoms with E-state index < -0.39 is 0 Å². The monoisotopic (exact) mass is 253 g/mol. The van der Waals surface area contributed by atoms with Gasteiger partial charge >= 0.3 is 0 Å². The minimum Gasteiger partial charge on any atom is -0.337 e. The summed E-state index contributed by atoms with van der Waals surface area (Å²) in [5.74, 6) is 3.56. The van der Waals surface area contributed by atoms with Crippen LogP contribution in [0.3, 0.4) is 0 Å². The maximum absolute atomic E-state index is 5.30. The van der Waals surface area contributed by atoms with Crippen molar-refractivity contribution in [1.29, 1.82) is 0 Å². The molecule has 0 aliphatic carbocycles. The largest absolute Gasteiger partial charge is 0.337 e. The highest BCUT2D eigenvalue weighted by molar-refractivity contribution is 7.99. The molecule has 0 spiro atoms. The Kier molecular flexibility index (Phi) is 2.94. The molecule has 1 aliphatic heterocycles. The molecule has 2 aromatic rings. The van der Waals surface area contributed by atoms with Gasteiger partial charge in [-0.05, 0) is 11.4 Å². The average Bonchev–Trinajstić information content (AvgIpc) is 3.01. The molecule has 16 heavy (non-hydrogen) atoms. The maximum Gasteiger partial charge on any atom is 0.244 e. The van der Waals surface area contributed by atoms with Gasteiger partial charge in [-0.3, -0.25) is 0 Å². The van der Waals surface area contributed by atoms with E-state index in [0.29, 0.717) is 11.7 Å². The number of aromatic nitrogens is 2. The zero-order valence-corrected chi connectivity index (χ0v) is 10.2. The van der Waals surface area contributed by atoms with E-state index in [1.54, 1.807) is 11.3 Å². The molecule has 2 aromatic heterocycles. The van der Waals surface area contributed by atoms with E-state index in [0.717, 1.165) is 22.9 Å². The number of thiophene rings is 1. The predicted molar refractivity (Wildman–Crippen MR) is 65.7 cm³/mol. The summed E-state index contributed by atoms with van der Waals surface area (Å²) in [5.41, 5.74) is 0. The van der Waals surface area contributed by atoms with Crippen LogP contribution in [0, 0.1) is 0 Å². The summed E-state index contributed by atoms with van der Waals surface area (Å²) in [4.78, 5) is 5.49. The third kappa shape index (κ3) is 2.00. The molecule has 1 fully saturated rings. The topological polar surface area (TPSA) is 51.0 Å². The molecule has 4 nitrogen and oxygen atoms in total. The van der Waals surface area contributed by atoms with Crippen molar-refractivity contribution in [1.82, 2.24) is 15.5 Å². The highest BCUT2D eigenvalue weighted by Gasteiger charge is 2.21. The fraction of sp³-hybridized carbons (Fsp3) is 0.400. The first-order valence-electron chi connectivity index (χ1n) is 5.12. The molecule has 3 heterocycles. The van der Waals surface area contributed by atoms with Crippen LogP contribution >= 0.6 is 23.1 Å². The summed E-state index contributed by atoms with van der Waals surface area (Å²) in [7, 11) is 0. The second kappa shape index (κ2) is 4.57. The molecule has 0 radical (unpaired) electrons. The number of rotatable bonds is 2. The van der Waals surface area contributed by atoms with Gasteiger partial charge in [-0.15, -0.1) is 11.3 Å². The summed E-state index contributed by atoms with van der Waals surface area (Å²) >= 11 is 3.54. The number of thioether (sulfide) groups is 1. The number of nitrogens with zero attached hydrogens (tertiary/aromatic N) is 2. The Morgan fingerprint density at radius 1 is 1.50 bits per heavy atom. The quantitative estimate of drug-likeness (QED) is 0.889. The van der Waals surface area contributed by atoms with E-state index in [4.69, 9.17) is 4.52 Å². The number of hydrogen-bond acceptors (Lipinski definition) is 6. The maximum atomic E-state index is 5.30. The van der Waals surface area contributed by atoms with Crippen LogP contribution < -0.4 is 5.32 Å². The first kappa shape index (κ1) is 10.3. The average molecular weight is 253 g/mol. The third-order valence-corrected chi connectivity index (χ3v) is 4.33. The van der Waals surface area contributed by atoms with Crippen LogP contribution in [0.1, 0.15) is 11.9 Å². The van der Waals surface area contributed by atoms with Crippen LogP contribution in [0.4, 0.5) is 0 Å². The number of hydrogen-bond donors (Lipinski definition) is 1. The Labute approximate surface area is 101 Å². The highest BCUT2D eigenvalue weighted by atomic mass is 32.2. The molecule has 6 heteroatoms. The van der Waals surface area contributed by atoms with Crippen LogP contribution in [0.15, 0.2) is 22.0 Å². The smallest absolute Gasteiger partial charge is 0.244 e. The summed E-state index contributed by atoms with van der Waals surface area (Å²) in [5, 5.41) is 9.40. The third-order valence-electron chi connectivity index (χ3n) is 2.40. The van der Waals surface area contributed by atoms with Gasteiger partial charge in [-0.25, -0.2) is 0 Å². The fourth-order valence-electron chi connectivity index (χ4n) is 1.61. The molecule has 0 amide bonds. The molecule has 0 bridgehead atoms. The lowest BCUT2D eigenvalue weighted by molar-refractivity contribution is 0.342. The standard InChI is InChI=1S/C10H11N3OS2/c1-2-8(16-4-1)9-12-10(14-13-9)7-6-15-5-3-11-7/h1-2,4,7,11H,3,5-6H2. The molecular formula is C10H11N3OS2. The van der Waals surface area contributed by atoms with Crippen molar-refractivity contribution in [2.24, 2.45) is 0 Å². The molecule has 3 rings (SSSR count). The van der Waals surface area contributed by atoms with Crippen LogP contribution in [-0.2, 0) is 0 Å². The van der Waals surface area contributed by atoms with Gasteiger partial charge in [0.25, 0.3) is 0 Å². The van der Waals surface area contributed by atoms with E-state index in [2.05, 4.69) is 15.5 Å². The van der Waals surface area contributed by atoms with Crippen molar-refractivity contribution >= 4 is 23.1 Å². The Morgan fingerprint density at radius 2 is 2.50 bits per heavy atom. The minimum atomic E-state index is 0.208. The summed E-state index contributed by atoms with van der Waals surface area (Å²) in [6.07, 6.45) is 0. The highest BCUT2D eigenvalue weighted by Crippen LogP contribution is 2.25. The summed E-state index contributed by atoms with van der Waals surface area (Å²) in [6, 6.07) is 4.20. The zero-order chi connectivity index (χ0) is 10.8. The van der Waals surface area contributed by atoms with Crippen molar-refractivity contribution in [2.75, 3.05) is 18.1 Å². The van der Waals surface area contributed by atoms with Crippen molar-refractivity contribution in [3.05, 3.63) is 23.4 Å². The molecule has 1 atom stereocenters. The van der Waals surface area contributed by atoms with E-state index in [-0.39, 0.29) is 6.04 Å². The Hall–Kier alpha value is -0.850. The molecule has 1 saturated heterocycles. The molecule has 1 aliphatic rings. The molecule has 1 N–H and O–H groups in total. The van der Waals surface area contributed by atoms with Crippen molar-refractivity contribution in [3.8, 4) is 10.7 Å². The van der Waals surface area contributed by atoms with Crippen molar-refractivity contribution in [3.63, 3.8) is 0 Å². The van der Waals surface area contributed by atoms with Crippen LogP contribution in [0.5, 0.6) is 0 Å². The summed E-state index contributed by atoms with van der Waals surface area (Å²) in [6.45, 7) is 1.01.